The highest BCUT2D eigenvalue weighted by Crippen LogP contribution is 2.33. The highest BCUT2D eigenvalue weighted by molar-refractivity contribution is 7.13. The highest BCUT2D eigenvalue weighted by atomic mass is 35.5. The molecule has 1 aromatic heterocycles. The molecule has 0 unspecified atom stereocenters. The Morgan fingerprint density at radius 3 is 2.91 bits per heavy atom. The molecule has 1 amide bonds. The second-order valence-electron chi connectivity index (χ2n) is 5.44. The van der Waals surface area contributed by atoms with Crippen LogP contribution in [0, 0.1) is 17.2 Å². The van der Waals surface area contributed by atoms with Gasteiger partial charge in [0.2, 0.25) is 0 Å². The number of carbonyl (C=O) groups is 1. The number of carbonyl (C=O) groups excluding carboxylic acids is 1. The van der Waals surface area contributed by atoms with Gasteiger partial charge in [0.05, 0.1) is 11.1 Å². The van der Waals surface area contributed by atoms with Gasteiger partial charge in [-0.2, -0.15) is 5.26 Å². The summed E-state index contributed by atoms with van der Waals surface area (Å²) >= 11 is 13.5. The van der Waals surface area contributed by atoms with Crippen LogP contribution in [0.4, 0.5) is 0 Å². The Labute approximate surface area is 148 Å². The van der Waals surface area contributed by atoms with Crippen LogP contribution >= 0.6 is 34.5 Å². The number of nitriles is 1. The van der Waals surface area contributed by atoms with Crippen LogP contribution in [0.3, 0.4) is 0 Å². The molecular formula is C16H13Cl2N3OS. The minimum absolute atomic E-state index is 0.0641. The van der Waals surface area contributed by atoms with Crippen molar-refractivity contribution < 1.29 is 4.79 Å². The van der Waals surface area contributed by atoms with E-state index in [9.17, 15) is 4.79 Å². The van der Waals surface area contributed by atoms with E-state index in [1.807, 2.05) is 0 Å². The molecule has 2 heterocycles. The molecule has 1 aliphatic heterocycles. The molecule has 0 bridgehead atoms. The van der Waals surface area contributed by atoms with Gasteiger partial charge < -0.3 is 4.90 Å². The summed E-state index contributed by atoms with van der Waals surface area (Å²) in [5, 5.41) is 12.1. The maximum Gasteiger partial charge on any atom is 0.273 e. The molecule has 1 aromatic carbocycles. The summed E-state index contributed by atoms with van der Waals surface area (Å²) in [7, 11) is 0. The smallest absolute Gasteiger partial charge is 0.273 e. The minimum atomic E-state index is -0.0641. The van der Waals surface area contributed by atoms with Crippen molar-refractivity contribution in [3.8, 4) is 16.6 Å². The van der Waals surface area contributed by atoms with Gasteiger partial charge in [0.1, 0.15) is 10.7 Å². The quantitative estimate of drug-likeness (QED) is 0.801. The Hall–Kier alpha value is -1.61. The number of rotatable bonds is 4. The zero-order chi connectivity index (χ0) is 16.4. The van der Waals surface area contributed by atoms with Crippen molar-refractivity contribution in [1.29, 1.82) is 5.26 Å². The van der Waals surface area contributed by atoms with Gasteiger partial charge in [-0.25, -0.2) is 4.98 Å². The van der Waals surface area contributed by atoms with Gasteiger partial charge in [0, 0.05) is 35.5 Å². The van der Waals surface area contributed by atoms with Gasteiger partial charge >= 0.3 is 0 Å². The van der Waals surface area contributed by atoms with E-state index < -0.39 is 0 Å². The van der Waals surface area contributed by atoms with Crippen LogP contribution in [0.2, 0.25) is 10.0 Å². The average Bonchev–Trinajstić information content (AvgIpc) is 2.95. The number of likely N-dealkylation sites (tertiary alicyclic amines) is 1. The Bertz CT molecular complexity index is 778. The van der Waals surface area contributed by atoms with Crippen LogP contribution in [0.1, 0.15) is 23.3 Å². The lowest BCUT2D eigenvalue weighted by Gasteiger charge is -2.38. The Balaban J connectivity index is 1.68. The third kappa shape index (κ3) is 3.50. The van der Waals surface area contributed by atoms with Crippen molar-refractivity contribution >= 4 is 40.4 Å². The first-order valence-corrected chi connectivity index (χ1v) is 8.79. The van der Waals surface area contributed by atoms with Gasteiger partial charge in [-0.05, 0) is 30.5 Å². The molecule has 4 nitrogen and oxygen atoms in total. The Morgan fingerprint density at radius 2 is 2.22 bits per heavy atom. The normalized spacial score (nSPS) is 14.4. The van der Waals surface area contributed by atoms with Crippen molar-refractivity contribution in [3.05, 3.63) is 39.3 Å². The lowest BCUT2D eigenvalue weighted by molar-refractivity contribution is 0.0483. The largest absolute Gasteiger partial charge is 0.337 e. The fourth-order valence-corrected chi connectivity index (χ4v) is 3.89. The molecule has 23 heavy (non-hydrogen) atoms. The molecule has 1 saturated heterocycles. The molecule has 0 aliphatic carbocycles. The number of hydrogen-bond donors (Lipinski definition) is 0. The molecular weight excluding hydrogens is 353 g/mol. The summed E-state index contributed by atoms with van der Waals surface area (Å²) in [5.74, 6) is 0.369. The summed E-state index contributed by atoms with van der Waals surface area (Å²) < 4.78 is 0. The fourth-order valence-electron chi connectivity index (χ4n) is 2.51. The molecule has 0 atom stereocenters. The van der Waals surface area contributed by atoms with Crippen LogP contribution in [-0.4, -0.2) is 28.9 Å². The van der Waals surface area contributed by atoms with Crippen molar-refractivity contribution in [2.24, 2.45) is 5.92 Å². The number of amides is 1. The minimum Gasteiger partial charge on any atom is -0.337 e. The molecule has 0 radical (unpaired) electrons. The number of aromatic nitrogens is 1. The molecule has 2 aromatic rings. The SMILES string of the molecule is N#CCCC1CN(C(=O)c2csc(-c3ccc(Cl)cc3Cl)n2)C1. The van der Waals surface area contributed by atoms with E-state index in [4.69, 9.17) is 28.5 Å². The van der Waals surface area contributed by atoms with E-state index in [0.29, 0.717) is 46.2 Å². The van der Waals surface area contributed by atoms with Gasteiger partial charge in [0.15, 0.2) is 0 Å². The summed E-state index contributed by atoms with van der Waals surface area (Å²) in [5.41, 5.74) is 1.21. The lowest BCUT2D eigenvalue weighted by Crippen LogP contribution is -2.49. The lowest BCUT2D eigenvalue weighted by atomic mass is 9.95. The van der Waals surface area contributed by atoms with E-state index in [-0.39, 0.29) is 5.91 Å². The van der Waals surface area contributed by atoms with Gasteiger partial charge in [0.25, 0.3) is 5.91 Å². The fraction of sp³-hybridized carbons (Fsp3) is 0.312. The average molecular weight is 366 g/mol. The second-order valence-corrected chi connectivity index (χ2v) is 7.14. The van der Waals surface area contributed by atoms with Gasteiger partial charge in [-0.15, -0.1) is 11.3 Å². The third-order valence-corrected chi connectivity index (χ3v) is 5.22. The van der Waals surface area contributed by atoms with Crippen molar-refractivity contribution in [1.82, 2.24) is 9.88 Å². The molecule has 1 aliphatic rings. The number of hydrogen-bond acceptors (Lipinski definition) is 4. The molecule has 0 N–H and O–H groups in total. The summed E-state index contributed by atoms with van der Waals surface area (Å²) in [6, 6.07) is 7.36. The summed E-state index contributed by atoms with van der Waals surface area (Å²) in [6.07, 6.45) is 1.39. The van der Waals surface area contributed by atoms with E-state index in [0.717, 1.165) is 12.0 Å². The third-order valence-electron chi connectivity index (χ3n) is 3.79. The summed E-state index contributed by atoms with van der Waals surface area (Å²) in [6.45, 7) is 1.41. The Morgan fingerprint density at radius 1 is 1.43 bits per heavy atom. The van der Waals surface area contributed by atoms with Crippen LogP contribution in [0.5, 0.6) is 0 Å². The number of nitrogens with zero attached hydrogens (tertiary/aromatic N) is 3. The van der Waals surface area contributed by atoms with Crippen LogP contribution < -0.4 is 0 Å². The maximum atomic E-state index is 12.4. The standard InChI is InChI=1S/C16H13Cl2N3OS/c17-11-3-4-12(13(18)6-11)15-20-14(9-23-15)16(22)21-7-10(8-21)2-1-5-19/h3-4,6,9-10H,1-2,7-8H2. The predicted octanol–water partition coefficient (Wildman–Crippen LogP) is 4.49. The second kappa shape index (κ2) is 6.88. The molecule has 1 fully saturated rings. The van der Waals surface area contributed by atoms with E-state index in [1.54, 1.807) is 28.5 Å². The van der Waals surface area contributed by atoms with Crippen molar-refractivity contribution in [2.75, 3.05) is 13.1 Å². The predicted molar refractivity (Wildman–Crippen MR) is 91.8 cm³/mol. The first-order valence-electron chi connectivity index (χ1n) is 7.15. The van der Waals surface area contributed by atoms with Crippen molar-refractivity contribution in [3.63, 3.8) is 0 Å². The Kier molecular flexibility index (Phi) is 4.86. The highest BCUT2D eigenvalue weighted by Gasteiger charge is 2.31. The van der Waals surface area contributed by atoms with Crippen LogP contribution in [0.25, 0.3) is 10.6 Å². The monoisotopic (exact) mass is 365 g/mol. The van der Waals surface area contributed by atoms with E-state index >= 15 is 0 Å². The first-order chi connectivity index (χ1) is 11.1. The van der Waals surface area contributed by atoms with Crippen molar-refractivity contribution in [2.45, 2.75) is 12.8 Å². The molecule has 7 heteroatoms. The van der Waals surface area contributed by atoms with Gasteiger partial charge in [-0.3, -0.25) is 4.79 Å². The molecule has 0 saturated carbocycles. The van der Waals surface area contributed by atoms with Gasteiger partial charge in [-0.1, -0.05) is 23.2 Å². The zero-order valence-electron chi connectivity index (χ0n) is 12.1. The molecule has 118 valence electrons. The molecule has 0 spiro atoms. The maximum absolute atomic E-state index is 12.4. The van der Waals surface area contributed by atoms with Crippen LogP contribution in [-0.2, 0) is 0 Å². The van der Waals surface area contributed by atoms with Crippen LogP contribution in [0.15, 0.2) is 23.6 Å². The number of halogens is 2. The van der Waals surface area contributed by atoms with E-state index in [2.05, 4.69) is 11.1 Å². The van der Waals surface area contributed by atoms with E-state index in [1.165, 1.54) is 11.3 Å². The summed E-state index contributed by atoms with van der Waals surface area (Å²) in [4.78, 5) is 18.6. The molecule has 3 rings (SSSR count). The topological polar surface area (TPSA) is 57.0 Å². The number of thiazole rings is 1. The number of benzene rings is 1. The first kappa shape index (κ1) is 16.3. The zero-order valence-corrected chi connectivity index (χ0v) is 14.5.